The summed E-state index contributed by atoms with van der Waals surface area (Å²) in [6.45, 7) is 0. The van der Waals surface area contributed by atoms with Gasteiger partial charge in [0.2, 0.25) is 0 Å². The molecule has 14 heavy (non-hydrogen) atoms. The Morgan fingerprint density at radius 1 is 1.29 bits per heavy atom. The van der Waals surface area contributed by atoms with E-state index in [-0.39, 0.29) is 0 Å². The molecular formula is C11H6N3. The number of nitrogens with zero attached hydrogens (tertiary/aromatic N) is 3. The molecular weight excluding hydrogens is 174 g/mol. The van der Waals surface area contributed by atoms with Gasteiger partial charge in [-0.3, -0.25) is 0 Å². The third-order valence-corrected chi connectivity index (χ3v) is 1.72. The molecule has 0 fully saturated rings. The number of benzene rings is 1. The molecule has 1 aromatic carbocycles. The molecule has 0 N–H and O–H groups in total. The predicted molar refractivity (Wildman–Crippen MR) is 51.0 cm³/mol. The van der Waals surface area contributed by atoms with Gasteiger partial charge in [-0.2, -0.15) is 5.26 Å². The number of aromatic nitrogens is 2. The molecule has 1 heterocycles. The molecule has 1 radical (unpaired) electrons. The Bertz CT molecular complexity index is 471. The van der Waals surface area contributed by atoms with E-state index < -0.39 is 0 Å². The van der Waals surface area contributed by atoms with Crippen LogP contribution in [-0.2, 0) is 0 Å². The molecule has 0 aliphatic rings. The first kappa shape index (κ1) is 8.39. The normalized spacial score (nSPS) is 9.36. The maximum atomic E-state index is 8.66. The first-order valence-electron chi connectivity index (χ1n) is 4.10. The summed E-state index contributed by atoms with van der Waals surface area (Å²) in [6.07, 6.45) is 1.57. The highest BCUT2D eigenvalue weighted by atomic mass is 14.9. The number of nitriles is 1. The van der Waals surface area contributed by atoms with Crippen molar-refractivity contribution in [1.29, 1.82) is 5.26 Å². The van der Waals surface area contributed by atoms with Crippen LogP contribution in [0.15, 0.2) is 36.5 Å². The Morgan fingerprint density at radius 3 is 2.93 bits per heavy atom. The van der Waals surface area contributed by atoms with Crippen molar-refractivity contribution >= 4 is 0 Å². The molecule has 0 unspecified atom stereocenters. The molecule has 0 saturated carbocycles. The highest BCUT2D eigenvalue weighted by Crippen LogP contribution is 2.12. The fourth-order valence-corrected chi connectivity index (χ4v) is 1.08. The van der Waals surface area contributed by atoms with Crippen LogP contribution in [0, 0.1) is 17.4 Å². The van der Waals surface area contributed by atoms with Crippen LogP contribution in [-0.4, -0.2) is 9.97 Å². The molecule has 0 amide bonds. The van der Waals surface area contributed by atoms with Gasteiger partial charge in [0, 0.05) is 11.8 Å². The van der Waals surface area contributed by atoms with Gasteiger partial charge in [-0.1, -0.05) is 24.3 Å². The zero-order valence-electron chi connectivity index (χ0n) is 7.31. The molecule has 65 valence electrons. The first-order chi connectivity index (χ1) is 6.90. The zero-order chi connectivity index (χ0) is 9.80. The van der Waals surface area contributed by atoms with Crippen molar-refractivity contribution in [2.45, 2.75) is 0 Å². The van der Waals surface area contributed by atoms with Gasteiger partial charge in [-0.05, 0) is 12.1 Å². The van der Waals surface area contributed by atoms with E-state index in [0.717, 1.165) is 5.56 Å². The van der Waals surface area contributed by atoms with Gasteiger partial charge in [0.25, 0.3) is 0 Å². The average molecular weight is 180 g/mol. The highest BCUT2D eigenvalue weighted by molar-refractivity contribution is 5.53. The number of hydrogen-bond acceptors (Lipinski definition) is 3. The van der Waals surface area contributed by atoms with Crippen LogP contribution in [0.5, 0.6) is 0 Å². The smallest absolute Gasteiger partial charge is 0.161 e. The summed E-state index contributed by atoms with van der Waals surface area (Å²) in [6, 6.07) is 14.0. The topological polar surface area (TPSA) is 49.6 Å². The van der Waals surface area contributed by atoms with E-state index in [2.05, 4.69) is 16.0 Å². The zero-order valence-corrected chi connectivity index (χ0v) is 7.31. The molecule has 0 spiro atoms. The Labute approximate surface area is 81.7 Å². The summed E-state index contributed by atoms with van der Waals surface area (Å²) >= 11 is 0. The van der Waals surface area contributed by atoms with Crippen LogP contribution in [0.3, 0.4) is 0 Å². The summed E-state index contributed by atoms with van der Waals surface area (Å²) in [5.41, 5.74) is 1.16. The van der Waals surface area contributed by atoms with Crippen LogP contribution in [0.4, 0.5) is 0 Å². The van der Waals surface area contributed by atoms with Crippen LogP contribution in [0.25, 0.3) is 11.4 Å². The molecule has 2 aromatic rings. The Balaban J connectivity index is 2.49. The summed E-state index contributed by atoms with van der Waals surface area (Å²) in [5, 5.41) is 8.66. The Kier molecular flexibility index (Phi) is 2.20. The molecule has 0 aliphatic carbocycles. The molecule has 2 rings (SSSR count). The van der Waals surface area contributed by atoms with E-state index in [1.807, 2.05) is 24.3 Å². The van der Waals surface area contributed by atoms with Crippen LogP contribution in [0.2, 0.25) is 0 Å². The largest absolute Gasteiger partial charge is 0.236 e. The minimum Gasteiger partial charge on any atom is -0.236 e. The van der Waals surface area contributed by atoms with Crippen LogP contribution >= 0.6 is 0 Å². The lowest BCUT2D eigenvalue weighted by Gasteiger charge is -1.97. The Hall–Kier alpha value is -2.21. The fraction of sp³-hybridized carbons (Fsp3) is 0. The summed E-state index contributed by atoms with van der Waals surface area (Å²) in [7, 11) is 0. The fourth-order valence-electron chi connectivity index (χ4n) is 1.08. The van der Waals surface area contributed by atoms with E-state index in [1.165, 1.54) is 0 Å². The van der Waals surface area contributed by atoms with Crippen molar-refractivity contribution in [3.63, 3.8) is 0 Å². The standard InChI is InChI=1S/C11H6N3/c12-8-10-6-7-13-11(14-10)9-4-2-1-3-5-9/h1-4,6-7H. The van der Waals surface area contributed by atoms with Gasteiger partial charge < -0.3 is 0 Å². The molecule has 0 saturated heterocycles. The van der Waals surface area contributed by atoms with Crippen molar-refractivity contribution in [1.82, 2.24) is 9.97 Å². The average Bonchev–Trinajstić information content (AvgIpc) is 2.30. The maximum Gasteiger partial charge on any atom is 0.161 e. The van der Waals surface area contributed by atoms with Crippen molar-refractivity contribution in [3.05, 3.63) is 48.3 Å². The molecule has 0 atom stereocenters. The second-order valence-corrected chi connectivity index (χ2v) is 2.65. The van der Waals surface area contributed by atoms with Gasteiger partial charge >= 0.3 is 0 Å². The van der Waals surface area contributed by atoms with Crippen LogP contribution in [0.1, 0.15) is 5.69 Å². The van der Waals surface area contributed by atoms with E-state index >= 15 is 0 Å². The second-order valence-electron chi connectivity index (χ2n) is 2.65. The molecule has 3 heteroatoms. The second kappa shape index (κ2) is 3.67. The van der Waals surface area contributed by atoms with E-state index in [9.17, 15) is 0 Å². The van der Waals surface area contributed by atoms with E-state index in [1.54, 1.807) is 18.3 Å². The predicted octanol–water partition coefficient (Wildman–Crippen LogP) is 1.82. The van der Waals surface area contributed by atoms with Gasteiger partial charge in [-0.15, -0.1) is 0 Å². The quantitative estimate of drug-likeness (QED) is 0.672. The maximum absolute atomic E-state index is 8.66. The minimum absolute atomic E-state index is 0.368. The van der Waals surface area contributed by atoms with Crippen molar-refractivity contribution < 1.29 is 0 Å². The first-order valence-corrected chi connectivity index (χ1v) is 4.10. The summed E-state index contributed by atoms with van der Waals surface area (Å²) in [5.74, 6) is 0.532. The highest BCUT2D eigenvalue weighted by Gasteiger charge is 2.00. The number of rotatable bonds is 1. The van der Waals surface area contributed by atoms with Gasteiger partial charge in [0.1, 0.15) is 11.8 Å². The van der Waals surface area contributed by atoms with Crippen molar-refractivity contribution in [2.24, 2.45) is 0 Å². The SMILES string of the molecule is N#Cc1ccnc(-c2[c]cccc2)n1. The Morgan fingerprint density at radius 2 is 2.21 bits per heavy atom. The molecule has 3 nitrogen and oxygen atoms in total. The van der Waals surface area contributed by atoms with E-state index in [0.29, 0.717) is 11.5 Å². The number of hydrogen-bond donors (Lipinski definition) is 0. The summed E-state index contributed by atoms with van der Waals surface area (Å²) < 4.78 is 0. The monoisotopic (exact) mass is 180 g/mol. The molecule has 0 aliphatic heterocycles. The third kappa shape index (κ3) is 1.59. The van der Waals surface area contributed by atoms with Gasteiger partial charge in [-0.25, -0.2) is 9.97 Å². The lowest BCUT2D eigenvalue weighted by molar-refractivity contribution is 1.15. The van der Waals surface area contributed by atoms with Gasteiger partial charge in [0.05, 0.1) is 0 Å². The van der Waals surface area contributed by atoms with Crippen molar-refractivity contribution in [3.8, 4) is 17.5 Å². The lowest BCUT2D eigenvalue weighted by Crippen LogP contribution is -1.90. The molecule has 0 bridgehead atoms. The minimum atomic E-state index is 0.368. The van der Waals surface area contributed by atoms with Crippen LogP contribution < -0.4 is 0 Å². The summed E-state index contributed by atoms with van der Waals surface area (Å²) in [4.78, 5) is 8.12. The third-order valence-electron chi connectivity index (χ3n) is 1.72. The molecule has 1 aromatic heterocycles. The van der Waals surface area contributed by atoms with Gasteiger partial charge in [0.15, 0.2) is 5.82 Å². The van der Waals surface area contributed by atoms with E-state index in [4.69, 9.17) is 5.26 Å². The lowest BCUT2D eigenvalue weighted by atomic mass is 10.2. The van der Waals surface area contributed by atoms with Crippen molar-refractivity contribution in [2.75, 3.05) is 0 Å².